The second-order valence-electron chi connectivity index (χ2n) is 4.76. The van der Waals surface area contributed by atoms with Crippen molar-refractivity contribution in [3.05, 3.63) is 48.0 Å². The third-order valence-corrected chi connectivity index (χ3v) is 3.37. The van der Waals surface area contributed by atoms with E-state index < -0.39 is 5.91 Å². The molecule has 2 aromatic carbocycles. The first-order chi connectivity index (χ1) is 10.1. The van der Waals surface area contributed by atoms with Crippen molar-refractivity contribution in [2.45, 2.75) is 0 Å². The van der Waals surface area contributed by atoms with Crippen LogP contribution in [0.2, 0.25) is 0 Å². The summed E-state index contributed by atoms with van der Waals surface area (Å²) in [5, 5.41) is 2.79. The third-order valence-electron chi connectivity index (χ3n) is 3.37. The van der Waals surface area contributed by atoms with Crippen molar-refractivity contribution in [2.24, 2.45) is 5.73 Å². The zero-order valence-corrected chi connectivity index (χ0v) is 11.2. The van der Waals surface area contributed by atoms with Crippen LogP contribution in [0.25, 0.3) is 0 Å². The van der Waals surface area contributed by atoms with Crippen LogP contribution in [-0.4, -0.2) is 18.4 Å². The minimum absolute atomic E-state index is 0.0749. The van der Waals surface area contributed by atoms with Gasteiger partial charge in [-0.25, -0.2) is 0 Å². The van der Waals surface area contributed by atoms with E-state index in [0.717, 1.165) is 5.69 Å². The normalized spacial score (nSPS) is 13.5. The molecule has 21 heavy (non-hydrogen) atoms. The van der Waals surface area contributed by atoms with Gasteiger partial charge in [0.15, 0.2) is 0 Å². The predicted molar refractivity (Wildman–Crippen MR) is 81.5 cm³/mol. The van der Waals surface area contributed by atoms with E-state index in [4.69, 9.17) is 11.5 Å². The molecule has 6 nitrogen and oxygen atoms in total. The van der Waals surface area contributed by atoms with Gasteiger partial charge in [-0.2, -0.15) is 0 Å². The highest BCUT2D eigenvalue weighted by atomic mass is 16.2. The molecule has 0 aliphatic carbocycles. The first-order valence-electron chi connectivity index (χ1n) is 6.42. The number of carbonyl (C=O) groups excluding carboxylic acids is 2. The fourth-order valence-electron chi connectivity index (χ4n) is 2.49. The number of amides is 2. The number of anilines is 4. The molecule has 5 N–H and O–H groups in total. The van der Waals surface area contributed by atoms with E-state index in [1.54, 1.807) is 29.2 Å². The van der Waals surface area contributed by atoms with Crippen LogP contribution in [0.4, 0.5) is 22.7 Å². The number of hydrogen-bond donors (Lipinski definition) is 3. The lowest BCUT2D eigenvalue weighted by Crippen LogP contribution is -2.36. The Kier molecular flexibility index (Phi) is 2.98. The minimum atomic E-state index is -0.583. The molecule has 0 bridgehead atoms. The molecule has 0 saturated heterocycles. The summed E-state index contributed by atoms with van der Waals surface area (Å²) < 4.78 is 0. The summed E-state index contributed by atoms with van der Waals surface area (Å²) in [5.41, 5.74) is 14.0. The summed E-state index contributed by atoms with van der Waals surface area (Å²) in [6, 6.07) is 12.3. The third kappa shape index (κ3) is 2.16. The van der Waals surface area contributed by atoms with E-state index in [9.17, 15) is 9.59 Å². The summed E-state index contributed by atoms with van der Waals surface area (Å²) >= 11 is 0. The molecule has 2 aromatic rings. The van der Waals surface area contributed by atoms with E-state index in [1.165, 1.54) is 0 Å². The van der Waals surface area contributed by atoms with Crippen LogP contribution in [-0.2, 0) is 4.79 Å². The standard InChI is InChI=1S/C15H14N4O2/c16-10-5-3-4-9(15(17)21)14(10)19-8-13(20)18-11-6-1-2-7-12(11)19/h1-7H,8,16H2,(H2,17,21)(H,18,20). The van der Waals surface area contributed by atoms with Crippen LogP contribution in [0.5, 0.6) is 0 Å². The van der Waals surface area contributed by atoms with Gasteiger partial charge in [-0.1, -0.05) is 18.2 Å². The van der Waals surface area contributed by atoms with Crippen LogP contribution in [0, 0.1) is 0 Å². The molecule has 0 saturated carbocycles. The Morgan fingerprint density at radius 1 is 1.14 bits per heavy atom. The molecule has 0 unspecified atom stereocenters. The minimum Gasteiger partial charge on any atom is -0.397 e. The number of para-hydroxylation sites is 3. The fraction of sp³-hybridized carbons (Fsp3) is 0.0667. The fourth-order valence-corrected chi connectivity index (χ4v) is 2.49. The quantitative estimate of drug-likeness (QED) is 0.726. The number of nitrogens with two attached hydrogens (primary N) is 2. The summed E-state index contributed by atoms with van der Waals surface area (Å²) in [5.74, 6) is -0.756. The Bertz CT molecular complexity index is 742. The van der Waals surface area contributed by atoms with Crippen molar-refractivity contribution < 1.29 is 9.59 Å². The number of carbonyl (C=O) groups is 2. The van der Waals surface area contributed by atoms with Gasteiger partial charge in [0.1, 0.15) is 6.54 Å². The molecule has 0 spiro atoms. The highest BCUT2D eigenvalue weighted by molar-refractivity contribution is 6.08. The van der Waals surface area contributed by atoms with E-state index in [-0.39, 0.29) is 12.5 Å². The number of rotatable bonds is 2. The molecule has 1 aliphatic heterocycles. The smallest absolute Gasteiger partial charge is 0.250 e. The van der Waals surface area contributed by atoms with Crippen molar-refractivity contribution in [1.82, 2.24) is 0 Å². The number of nitrogen functional groups attached to an aromatic ring is 1. The van der Waals surface area contributed by atoms with Gasteiger partial charge in [0.2, 0.25) is 5.91 Å². The van der Waals surface area contributed by atoms with Gasteiger partial charge in [0, 0.05) is 0 Å². The Morgan fingerprint density at radius 3 is 2.67 bits per heavy atom. The first-order valence-corrected chi connectivity index (χ1v) is 6.42. The summed E-state index contributed by atoms with van der Waals surface area (Å²) in [6.07, 6.45) is 0. The predicted octanol–water partition coefficient (Wildman–Crippen LogP) is 1.46. The number of hydrogen-bond acceptors (Lipinski definition) is 4. The highest BCUT2D eigenvalue weighted by Crippen LogP contribution is 2.39. The highest BCUT2D eigenvalue weighted by Gasteiger charge is 2.27. The Labute approximate surface area is 121 Å². The number of primary amides is 1. The van der Waals surface area contributed by atoms with Gasteiger partial charge >= 0.3 is 0 Å². The zero-order chi connectivity index (χ0) is 15.0. The zero-order valence-electron chi connectivity index (χ0n) is 11.2. The summed E-state index contributed by atoms with van der Waals surface area (Å²) in [4.78, 5) is 25.3. The molecule has 0 fully saturated rings. The lowest BCUT2D eigenvalue weighted by atomic mass is 10.1. The van der Waals surface area contributed by atoms with Gasteiger partial charge in [0.25, 0.3) is 5.91 Å². The second-order valence-corrected chi connectivity index (χ2v) is 4.76. The maximum Gasteiger partial charge on any atom is 0.250 e. The van der Waals surface area contributed by atoms with Crippen LogP contribution in [0.1, 0.15) is 10.4 Å². The number of fused-ring (bicyclic) bond motifs is 1. The molecule has 1 aliphatic rings. The summed E-state index contributed by atoms with van der Waals surface area (Å²) in [7, 11) is 0. The van der Waals surface area contributed by atoms with Crippen LogP contribution >= 0.6 is 0 Å². The van der Waals surface area contributed by atoms with Gasteiger partial charge in [-0.15, -0.1) is 0 Å². The van der Waals surface area contributed by atoms with E-state index >= 15 is 0 Å². The maximum atomic E-state index is 11.9. The molecule has 0 aromatic heterocycles. The molecule has 106 valence electrons. The lowest BCUT2D eigenvalue weighted by molar-refractivity contribution is -0.115. The Balaban J connectivity index is 2.22. The Morgan fingerprint density at radius 2 is 1.90 bits per heavy atom. The van der Waals surface area contributed by atoms with Gasteiger partial charge in [-0.05, 0) is 24.3 Å². The summed E-state index contributed by atoms with van der Waals surface area (Å²) in [6.45, 7) is 0.0749. The SMILES string of the molecule is NC(=O)c1cccc(N)c1N1CC(=O)Nc2ccccc21. The number of nitrogens with zero attached hydrogens (tertiary/aromatic N) is 1. The lowest BCUT2D eigenvalue weighted by Gasteiger charge is -2.32. The van der Waals surface area contributed by atoms with Crippen LogP contribution in [0.15, 0.2) is 42.5 Å². The topological polar surface area (TPSA) is 101 Å². The van der Waals surface area contributed by atoms with Crippen molar-refractivity contribution in [3.63, 3.8) is 0 Å². The van der Waals surface area contributed by atoms with Crippen LogP contribution in [0.3, 0.4) is 0 Å². The van der Waals surface area contributed by atoms with Gasteiger partial charge in [0.05, 0.1) is 28.3 Å². The number of nitrogens with one attached hydrogen (secondary N) is 1. The molecular weight excluding hydrogens is 268 g/mol. The molecule has 0 radical (unpaired) electrons. The van der Waals surface area contributed by atoms with Crippen molar-refractivity contribution in [1.29, 1.82) is 0 Å². The molecular formula is C15H14N4O2. The van der Waals surface area contributed by atoms with Crippen molar-refractivity contribution >= 4 is 34.6 Å². The van der Waals surface area contributed by atoms with Crippen molar-refractivity contribution in [2.75, 3.05) is 22.5 Å². The largest absolute Gasteiger partial charge is 0.397 e. The van der Waals surface area contributed by atoms with Crippen molar-refractivity contribution in [3.8, 4) is 0 Å². The van der Waals surface area contributed by atoms with Gasteiger partial charge in [-0.3, -0.25) is 9.59 Å². The van der Waals surface area contributed by atoms with Gasteiger partial charge < -0.3 is 21.7 Å². The second kappa shape index (κ2) is 4.82. The van der Waals surface area contributed by atoms with E-state index in [2.05, 4.69) is 5.32 Å². The molecule has 2 amide bonds. The first kappa shape index (κ1) is 13.0. The van der Waals surface area contributed by atoms with E-state index in [0.29, 0.717) is 22.6 Å². The number of benzene rings is 2. The monoisotopic (exact) mass is 282 g/mol. The molecule has 1 heterocycles. The molecule has 0 atom stereocenters. The van der Waals surface area contributed by atoms with E-state index in [1.807, 2.05) is 18.2 Å². The Hall–Kier alpha value is -3.02. The molecule has 6 heteroatoms. The average Bonchev–Trinajstić information content (AvgIpc) is 2.46. The van der Waals surface area contributed by atoms with Crippen LogP contribution < -0.4 is 21.7 Å². The maximum absolute atomic E-state index is 11.9. The molecule has 3 rings (SSSR count). The average molecular weight is 282 g/mol.